The van der Waals surface area contributed by atoms with Crippen LogP contribution in [-0.2, 0) is 16.0 Å². The van der Waals surface area contributed by atoms with E-state index in [0.717, 1.165) is 23.1 Å². The molecule has 0 unspecified atom stereocenters. The van der Waals surface area contributed by atoms with E-state index >= 15 is 0 Å². The van der Waals surface area contributed by atoms with Gasteiger partial charge >= 0.3 is 12.2 Å². The smallest absolute Gasteiger partial charge is 0.410 e. The van der Waals surface area contributed by atoms with Crippen molar-refractivity contribution < 1.29 is 23.9 Å². The number of nitrogens with zero attached hydrogens (tertiary/aromatic N) is 1. The van der Waals surface area contributed by atoms with Gasteiger partial charge in [0.15, 0.2) is 0 Å². The van der Waals surface area contributed by atoms with Crippen LogP contribution < -0.4 is 10.6 Å². The van der Waals surface area contributed by atoms with E-state index in [1.165, 1.54) is 0 Å². The minimum Gasteiger partial charge on any atom is -0.444 e. The molecule has 0 fully saturated rings. The van der Waals surface area contributed by atoms with E-state index in [1.54, 1.807) is 29.2 Å². The first-order valence-corrected chi connectivity index (χ1v) is 12.4. The van der Waals surface area contributed by atoms with Gasteiger partial charge in [-0.05, 0) is 88.9 Å². The van der Waals surface area contributed by atoms with Crippen molar-refractivity contribution in [3.05, 3.63) is 71.3 Å². The van der Waals surface area contributed by atoms with Gasteiger partial charge in [0.2, 0.25) is 0 Å². The second-order valence-electron chi connectivity index (χ2n) is 11.0. The summed E-state index contributed by atoms with van der Waals surface area (Å²) in [6, 6.07) is 14.7. The Hall–Kier alpha value is -3.81. The van der Waals surface area contributed by atoms with Gasteiger partial charge in [-0.1, -0.05) is 30.3 Å². The number of amides is 3. The molecule has 3 amide bonds. The molecule has 0 saturated carbocycles. The Morgan fingerprint density at radius 3 is 2.03 bits per heavy atom. The summed E-state index contributed by atoms with van der Waals surface area (Å²) >= 11 is 0. The number of anilines is 1. The monoisotopic (exact) mass is 507 g/mol. The van der Waals surface area contributed by atoms with Crippen LogP contribution in [0.2, 0.25) is 0 Å². The number of carbonyl (C=O) groups is 3. The second-order valence-corrected chi connectivity index (χ2v) is 11.0. The van der Waals surface area contributed by atoms with Crippen molar-refractivity contribution in [3.8, 4) is 0 Å². The number of benzene rings is 2. The largest absolute Gasteiger partial charge is 0.444 e. The number of hydrogen-bond donors (Lipinski definition) is 2. The fraction of sp³-hybridized carbons (Fsp3) is 0.414. The second kappa shape index (κ2) is 11.5. The van der Waals surface area contributed by atoms with Crippen LogP contribution in [0.15, 0.2) is 54.6 Å². The van der Waals surface area contributed by atoms with Gasteiger partial charge in [0.1, 0.15) is 11.2 Å². The molecule has 2 aromatic rings. The number of hydrogen-bond acceptors (Lipinski definition) is 5. The summed E-state index contributed by atoms with van der Waals surface area (Å²) in [6.45, 7) is 12.4. The Morgan fingerprint density at radius 2 is 1.49 bits per heavy atom. The molecule has 0 atom stereocenters. The van der Waals surface area contributed by atoms with E-state index in [0.29, 0.717) is 30.9 Å². The highest BCUT2D eigenvalue weighted by Gasteiger charge is 2.24. The van der Waals surface area contributed by atoms with Crippen LogP contribution in [0, 0.1) is 0 Å². The molecular formula is C29H37N3O5. The molecule has 0 radical (unpaired) electrons. The van der Waals surface area contributed by atoms with Crippen molar-refractivity contribution in [2.24, 2.45) is 0 Å². The van der Waals surface area contributed by atoms with Crippen molar-refractivity contribution in [2.45, 2.75) is 65.7 Å². The lowest BCUT2D eigenvalue weighted by Crippen LogP contribution is -2.39. The maximum atomic E-state index is 12.7. The van der Waals surface area contributed by atoms with Crippen molar-refractivity contribution in [1.29, 1.82) is 0 Å². The summed E-state index contributed by atoms with van der Waals surface area (Å²) < 4.78 is 10.7. The van der Waals surface area contributed by atoms with Crippen LogP contribution in [0.1, 0.15) is 69.4 Å². The fourth-order valence-corrected chi connectivity index (χ4v) is 3.66. The van der Waals surface area contributed by atoms with Crippen LogP contribution in [-0.4, -0.2) is 47.3 Å². The summed E-state index contributed by atoms with van der Waals surface area (Å²) in [6.07, 6.45) is 1.97. The van der Waals surface area contributed by atoms with Gasteiger partial charge in [-0.25, -0.2) is 9.59 Å². The molecule has 0 spiro atoms. The van der Waals surface area contributed by atoms with E-state index in [9.17, 15) is 14.4 Å². The average Bonchev–Trinajstić information content (AvgIpc) is 2.82. The molecule has 37 heavy (non-hydrogen) atoms. The van der Waals surface area contributed by atoms with E-state index < -0.39 is 17.3 Å². The fourth-order valence-electron chi connectivity index (χ4n) is 3.66. The molecule has 2 aromatic carbocycles. The van der Waals surface area contributed by atoms with E-state index in [2.05, 4.69) is 10.6 Å². The third-order valence-corrected chi connectivity index (χ3v) is 5.43. The van der Waals surface area contributed by atoms with Gasteiger partial charge in [-0.3, -0.25) is 4.79 Å². The first-order chi connectivity index (χ1) is 17.3. The SMILES string of the molecule is CC(C)(C)OC(=O)NCc1ccc(NC(=O)c2ccc(C3=CCN(C(=O)OC(C)(C)C)CC3)cc2)cc1. The quantitative estimate of drug-likeness (QED) is 0.518. The zero-order chi connectivity index (χ0) is 27.2. The molecule has 2 N–H and O–H groups in total. The van der Waals surface area contributed by atoms with Crippen molar-refractivity contribution >= 4 is 29.4 Å². The standard InChI is InChI=1S/C29H37N3O5/c1-28(2,3)36-26(34)30-19-20-7-13-24(14-8-20)31-25(33)23-11-9-21(10-12-23)22-15-17-32(18-16-22)27(35)37-29(4,5)6/h7-15H,16-19H2,1-6H3,(H,30,34)(H,31,33). The molecule has 1 aliphatic heterocycles. The Kier molecular flexibility index (Phi) is 8.63. The van der Waals surface area contributed by atoms with Gasteiger partial charge in [0, 0.05) is 30.9 Å². The summed E-state index contributed by atoms with van der Waals surface area (Å²) in [4.78, 5) is 38.5. The molecular weight excluding hydrogens is 470 g/mol. The molecule has 1 aliphatic rings. The third-order valence-electron chi connectivity index (χ3n) is 5.43. The highest BCUT2D eigenvalue weighted by atomic mass is 16.6. The van der Waals surface area contributed by atoms with Gasteiger partial charge < -0.3 is 25.0 Å². The average molecular weight is 508 g/mol. The zero-order valence-corrected chi connectivity index (χ0v) is 22.5. The lowest BCUT2D eigenvalue weighted by Gasteiger charge is -2.29. The number of nitrogens with one attached hydrogen (secondary N) is 2. The molecule has 1 heterocycles. The van der Waals surface area contributed by atoms with Gasteiger partial charge in [0.25, 0.3) is 5.91 Å². The highest BCUT2D eigenvalue weighted by molar-refractivity contribution is 6.04. The summed E-state index contributed by atoms with van der Waals surface area (Å²) in [5, 5.41) is 5.61. The number of carbonyl (C=O) groups excluding carboxylic acids is 3. The summed E-state index contributed by atoms with van der Waals surface area (Å²) in [7, 11) is 0. The molecule has 8 heteroatoms. The number of rotatable bonds is 5. The minimum absolute atomic E-state index is 0.208. The van der Waals surface area contributed by atoms with Crippen LogP contribution in [0.3, 0.4) is 0 Å². The predicted octanol–water partition coefficient (Wildman–Crippen LogP) is 5.99. The van der Waals surface area contributed by atoms with E-state index in [1.807, 2.05) is 71.9 Å². The minimum atomic E-state index is -0.549. The normalized spacial score (nSPS) is 13.9. The number of ether oxygens (including phenoxy) is 2. The van der Waals surface area contributed by atoms with Crippen LogP contribution in [0.25, 0.3) is 5.57 Å². The molecule has 8 nitrogen and oxygen atoms in total. The number of alkyl carbamates (subject to hydrolysis) is 1. The van der Waals surface area contributed by atoms with Crippen molar-refractivity contribution in [1.82, 2.24) is 10.2 Å². The first kappa shape index (κ1) is 27.8. The Morgan fingerprint density at radius 1 is 0.865 bits per heavy atom. The summed E-state index contributed by atoms with van der Waals surface area (Å²) in [5.74, 6) is -0.208. The van der Waals surface area contributed by atoms with Gasteiger partial charge in [-0.2, -0.15) is 0 Å². The topological polar surface area (TPSA) is 97.0 Å². The predicted molar refractivity (Wildman–Crippen MR) is 144 cm³/mol. The molecule has 198 valence electrons. The highest BCUT2D eigenvalue weighted by Crippen LogP contribution is 2.24. The molecule has 0 aromatic heterocycles. The molecule has 0 aliphatic carbocycles. The van der Waals surface area contributed by atoms with E-state index in [-0.39, 0.29) is 12.0 Å². The Bertz CT molecular complexity index is 1140. The van der Waals surface area contributed by atoms with Gasteiger partial charge in [-0.15, -0.1) is 0 Å². The molecule has 3 rings (SSSR count). The Labute approximate surface area is 219 Å². The zero-order valence-electron chi connectivity index (χ0n) is 22.5. The first-order valence-electron chi connectivity index (χ1n) is 12.4. The Balaban J connectivity index is 1.51. The third kappa shape index (κ3) is 8.97. The van der Waals surface area contributed by atoms with Crippen molar-refractivity contribution in [2.75, 3.05) is 18.4 Å². The van der Waals surface area contributed by atoms with Crippen LogP contribution in [0.5, 0.6) is 0 Å². The lowest BCUT2D eigenvalue weighted by molar-refractivity contribution is 0.0270. The molecule has 0 saturated heterocycles. The lowest BCUT2D eigenvalue weighted by atomic mass is 9.98. The van der Waals surface area contributed by atoms with Crippen molar-refractivity contribution in [3.63, 3.8) is 0 Å². The van der Waals surface area contributed by atoms with Crippen LogP contribution in [0.4, 0.5) is 15.3 Å². The molecule has 0 bridgehead atoms. The maximum Gasteiger partial charge on any atom is 0.410 e. The summed E-state index contributed by atoms with van der Waals surface area (Å²) in [5.41, 5.74) is 3.20. The van der Waals surface area contributed by atoms with Gasteiger partial charge in [0.05, 0.1) is 0 Å². The van der Waals surface area contributed by atoms with E-state index in [4.69, 9.17) is 9.47 Å². The van der Waals surface area contributed by atoms with Crippen LogP contribution >= 0.6 is 0 Å². The maximum absolute atomic E-state index is 12.7.